The second kappa shape index (κ2) is 5.56. The fraction of sp³-hybridized carbons (Fsp3) is 0.444. The van der Waals surface area contributed by atoms with Crippen LogP contribution in [-0.2, 0) is 6.42 Å². The van der Waals surface area contributed by atoms with Gasteiger partial charge >= 0.3 is 0 Å². The minimum atomic E-state index is 0.420. The summed E-state index contributed by atoms with van der Waals surface area (Å²) in [5.41, 5.74) is 6.21. The van der Waals surface area contributed by atoms with E-state index in [-0.39, 0.29) is 0 Å². The van der Waals surface area contributed by atoms with Gasteiger partial charge in [-0.25, -0.2) is 0 Å². The van der Waals surface area contributed by atoms with Gasteiger partial charge in [-0.05, 0) is 60.1 Å². The first-order valence-corrected chi connectivity index (χ1v) is 8.84. The maximum absolute atomic E-state index is 5.96. The van der Waals surface area contributed by atoms with Gasteiger partial charge in [0.2, 0.25) is 0 Å². The Balaban J connectivity index is 1.55. The number of rotatable bonds is 4. The Bertz CT molecular complexity index is 607. The van der Waals surface area contributed by atoms with Gasteiger partial charge in [0, 0.05) is 16.8 Å². The summed E-state index contributed by atoms with van der Waals surface area (Å²) in [4.78, 5) is 1.59. The van der Waals surface area contributed by atoms with Crippen molar-refractivity contribution in [1.29, 1.82) is 0 Å². The minimum Gasteiger partial charge on any atom is -0.271 e. The van der Waals surface area contributed by atoms with Crippen LogP contribution in [0.15, 0.2) is 41.8 Å². The lowest BCUT2D eigenvalue weighted by Gasteiger charge is -2.30. The van der Waals surface area contributed by atoms with E-state index in [0.29, 0.717) is 23.8 Å². The van der Waals surface area contributed by atoms with Crippen LogP contribution in [0, 0.1) is 5.92 Å². The highest BCUT2D eigenvalue weighted by Crippen LogP contribution is 2.53. The van der Waals surface area contributed by atoms with E-state index in [0.717, 1.165) is 0 Å². The molecule has 3 heteroatoms. The third kappa shape index (κ3) is 2.44. The van der Waals surface area contributed by atoms with Crippen molar-refractivity contribution in [3.8, 4) is 0 Å². The van der Waals surface area contributed by atoms with Gasteiger partial charge in [-0.1, -0.05) is 30.3 Å². The molecule has 0 amide bonds. The molecule has 0 bridgehead atoms. The molecule has 1 fully saturated rings. The van der Waals surface area contributed by atoms with E-state index in [1.165, 1.54) is 31.2 Å². The summed E-state index contributed by atoms with van der Waals surface area (Å²) in [6.45, 7) is 0. The summed E-state index contributed by atoms with van der Waals surface area (Å²) in [7, 11) is 0. The van der Waals surface area contributed by atoms with E-state index < -0.39 is 0 Å². The first kappa shape index (κ1) is 13.5. The molecule has 1 aromatic carbocycles. The van der Waals surface area contributed by atoms with E-state index in [4.69, 9.17) is 5.84 Å². The van der Waals surface area contributed by atoms with Crippen LogP contribution < -0.4 is 11.3 Å². The zero-order chi connectivity index (χ0) is 14.2. The second-order valence-corrected chi connectivity index (χ2v) is 7.41. The average molecular weight is 298 g/mol. The fourth-order valence-electron chi connectivity index (χ4n) is 4.13. The zero-order valence-corrected chi connectivity index (χ0v) is 13.0. The van der Waals surface area contributed by atoms with Gasteiger partial charge in [-0.15, -0.1) is 11.3 Å². The summed E-state index contributed by atoms with van der Waals surface area (Å²) >= 11 is 1.92. The molecular formula is C18H22N2S. The molecule has 4 atom stereocenters. The van der Waals surface area contributed by atoms with E-state index >= 15 is 0 Å². The van der Waals surface area contributed by atoms with Gasteiger partial charge in [-0.3, -0.25) is 11.3 Å². The lowest BCUT2D eigenvalue weighted by Crippen LogP contribution is -2.42. The fourth-order valence-corrected chi connectivity index (χ4v) is 5.12. The molecule has 4 unspecified atom stereocenters. The van der Waals surface area contributed by atoms with Gasteiger partial charge < -0.3 is 0 Å². The number of aryl methyl sites for hydroxylation is 1. The van der Waals surface area contributed by atoms with Crippen molar-refractivity contribution in [2.45, 2.75) is 43.6 Å². The van der Waals surface area contributed by atoms with Gasteiger partial charge in [-0.2, -0.15) is 0 Å². The highest BCUT2D eigenvalue weighted by atomic mass is 32.1. The molecule has 1 aromatic heterocycles. The maximum Gasteiger partial charge on any atom is 0.0313 e. The summed E-state index contributed by atoms with van der Waals surface area (Å²) in [5.74, 6) is 7.94. The van der Waals surface area contributed by atoms with Crippen molar-refractivity contribution in [2.24, 2.45) is 11.8 Å². The minimum absolute atomic E-state index is 0.420. The normalized spacial score (nSPS) is 28.9. The average Bonchev–Trinajstić information content (AvgIpc) is 3.16. The zero-order valence-electron chi connectivity index (χ0n) is 12.2. The van der Waals surface area contributed by atoms with Crippen molar-refractivity contribution < 1.29 is 0 Å². The molecule has 2 nitrogen and oxygen atoms in total. The van der Waals surface area contributed by atoms with Crippen LogP contribution in [0.1, 0.15) is 47.1 Å². The molecule has 1 saturated carbocycles. The SMILES string of the molecule is NNC(C1CCCc2sccc21)C1CC1c1ccccc1. The Labute approximate surface area is 130 Å². The van der Waals surface area contributed by atoms with E-state index in [9.17, 15) is 0 Å². The van der Waals surface area contributed by atoms with Crippen LogP contribution in [-0.4, -0.2) is 6.04 Å². The predicted octanol–water partition coefficient (Wildman–Crippen LogP) is 3.80. The second-order valence-electron chi connectivity index (χ2n) is 6.41. The Hall–Kier alpha value is -1.16. The first-order valence-electron chi connectivity index (χ1n) is 7.96. The summed E-state index contributed by atoms with van der Waals surface area (Å²) in [6.07, 6.45) is 5.11. The molecule has 0 aliphatic heterocycles. The number of benzene rings is 1. The molecule has 0 spiro atoms. The topological polar surface area (TPSA) is 38.0 Å². The van der Waals surface area contributed by atoms with Crippen LogP contribution >= 0.6 is 11.3 Å². The molecular weight excluding hydrogens is 276 g/mol. The van der Waals surface area contributed by atoms with E-state index in [1.54, 1.807) is 10.4 Å². The van der Waals surface area contributed by atoms with E-state index in [2.05, 4.69) is 47.2 Å². The van der Waals surface area contributed by atoms with Crippen LogP contribution in [0.3, 0.4) is 0 Å². The number of nitrogens with two attached hydrogens (primary N) is 1. The molecule has 3 N–H and O–H groups in total. The molecule has 110 valence electrons. The van der Waals surface area contributed by atoms with Crippen LogP contribution in [0.5, 0.6) is 0 Å². The van der Waals surface area contributed by atoms with Crippen LogP contribution in [0.25, 0.3) is 0 Å². The van der Waals surface area contributed by atoms with Crippen LogP contribution in [0.2, 0.25) is 0 Å². The Kier molecular flexibility index (Phi) is 3.57. The summed E-state index contributed by atoms with van der Waals surface area (Å²) in [5, 5.41) is 2.25. The number of hydrazine groups is 1. The van der Waals surface area contributed by atoms with Gasteiger partial charge in [0.1, 0.15) is 0 Å². The standard InChI is InChI=1S/C18H22N2S/c19-20-18(14-7-4-8-17-13(14)9-10-21-17)16-11-15(16)12-5-2-1-3-6-12/h1-3,5-6,9-10,14-16,18,20H,4,7-8,11,19H2. The predicted molar refractivity (Wildman–Crippen MR) is 88.4 cm³/mol. The number of fused-ring (bicyclic) bond motifs is 1. The Morgan fingerprint density at radius 3 is 2.86 bits per heavy atom. The van der Waals surface area contributed by atoms with Crippen molar-refractivity contribution in [2.75, 3.05) is 0 Å². The number of thiophene rings is 1. The highest BCUT2D eigenvalue weighted by molar-refractivity contribution is 7.10. The largest absolute Gasteiger partial charge is 0.271 e. The van der Waals surface area contributed by atoms with E-state index in [1.807, 2.05) is 11.3 Å². The lowest BCUT2D eigenvalue weighted by atomic mass is 9.80. The molecule has 1 heterocycles. The van der Waals surface area contributed by atoms with Crippen molar-refractivity contribution in [1.82, 2.24) is 5.43 Å². The van der Waals surface area contributed by atoms with Gasteiger partial charge in [0.25, 0.3) is 0 Å². The molecule has 2 aliphatic carbocycles. The molecule has 0 saturated heterocycles. The number of hydrogen-bond acceptors (Lipinski definition) is 3. The molecule has 21 heavy (non-hydrogen) atoms. The van der Waals surface area contributed by atoms with Gasteiger partial charge in [0.05, 0.1) is 0 Å². The number of hydrogen-bond donors (Lipinski definition) is 2. The molecule has 4 rings (SSSR count). The van der Waals surface area contributed by atoms with Crippen LogP contribution in [0.4, 0.5) is 0 Å². The monoisotopic (exact) mass is 298 g/mol. The smallest absolute Gasteiger partial charge is 0.0313 e. The highest BCUT2D eigenvalue weighted by Gasteiger charge is 2.47. The lowest BCUT2D eigenvalue weighted by molar-refractivity contribution is 0.361. The van der Waals surface area contributed by atoms with Crippen molar-refractivity contribution in [3.05, 3.63) is 57.8 Å². The summed E-state index contributed by atoms with van der Waals surface area (Å²) in [6, 6.07) is 13.7. The van der Waals surface area contributed by atoms with Gasteiger partial charge in [0.15, 0.2) is 0 Å². The summed E-state index contributed by atoms with van der Waals surface area (Å²) < 4.78 is 0. The maximum atomic E-state index is 5.96. The third-order valence-electron chi connectivity index (χ3n) is 5.25. The Morgan fingerprint density at radius 2 is 2.05 bits per heavy atom. The molecule has 2 aromatic rings. The quantitative estimate of drug-likeness (QED) is 0.665. The first-order chi connectivity index (χ1) is 10.4. The van der Waals surface area contributed by atoms with Crippen molar-refractivity contribution in [3.63, 3.8) is 0 Å². The molecule has 2 aliphatic rings. The molecule has 0 radical (unpaired) electrons. The third-order valence-corrected chi connectivity index (χ3v) is 6.25. The Morgan fingerprint density at radius 1 is 1.19 bits per heavy atom. The number of nitrogens with one attached hydrogen (secondary N) is 1. The van der Waals surface area contributed by atoms with Crippen molar-refractivity contribution >= 4 is 11.3 Å².